The Morgan fingerprint density at radius 3 is 2.36 bits per heavy atom. The highest BCUT2D eigenvalue weighted by Gasteiger charge is 2.34. The van der Waals surface area contributed by atoms with Crippen molar-refractivity contribution in [2.75, 3.05) is 5.73 Å². The Morgan fingerprint density at radius 2 is 1.93 bits per heavy atom. The topological polar surface area (TPSA) is 38.9 Å². The van der Waals surface area contributed by atoms with Gasteiger partial charge in [0, 0.05) is 6.20 Å². The summed E-state index contributed by atoms with van der Waals surface area (Å²) in [6.45, 7) is 3.37. The van der Waals surface area contributed by atoms with Gasteiger partial charge in [-0.25, -0.2) is 4.98 Å². The summed E-state index contributed by atoms with van der Waals surface area (Å²) in [5.74, 6) is -0.332. The molecule has 0 spiro atoms. The summed E-state index contributed by atoms with van der Waals surface area (Å²) in [4.78, 5) is 3.65. The minimum atomic E-state index is -4.36. The second-order valence-corrected chi connectivity index (χ2v) is 3.35. The number of anilines is 1. The number of pyridine rings is 1. The highest BCUT2D eigenvalue weighted by molar-refractivity contribution is 5.40. The van der Waals surface area contributed by atoms with E-state index in [4.69, 9.17) is 5.73 Å². The van der Waals surface area contributed by atoms with Gasteiger partial charge in [-0.05, 0) is 17.5 Å². The molecular formula is C9H11F3N2. The molecule has 14 heavy (non-hydrogen) atoms. The van der Waals surface area contributed by atoms with E-state index in [2.05, 4.69) is 4.98 Å². The molecule has 1 rings (SSSR count). The highest BCUT2D eigenvalue weighted by atomic mass is 19.4. The predicted octanol–water partition coefficient (Wildman–Crippen LogP) is 2.81. The minimum absolute atomic E-state index is 0.110. The molecule has 78 valence electrons. The van der Waals surface area contributed by atoms with Crippen LogP contribution in [0.15, 0.2) is 12.3 Å². The third kappa shape index (κ3) is 2.16. The van der Waals surface area contributed by atoms with Gasteiger partial charge in [-0.1, -0.05) is 13.8 Å². The molecule has 0 saturated carbocycles. The number of hydrogen-bond donors (Lipinski definition) is 1. The Balaban J connectivity index is 3.30. The molecule has 0 saturated heterocycles. The summed E-state index contributed by atoms with van der Waals surface area (Å²) in [5.41, 5.74) is 4.69. The van der Waals surface area contributed by atoms with Crippen LogP contribution in [-0.4, -0.2) is 4.98 Å². The summed E-state index contributed by atoms with van der Waals surface area (Å²) < 4.78 is 37.5. The Bertz CT molecular complexity index is 331. The van der Waals surface area contributed by atoms with E-state index in [1.54, 1.807) is 13.8 Å². The molecule has 0 aromatic carbocycles. The van der Waals surface area contributed by atoms with Crippen LogP contribution in [0.3, 0.4) is 0 Å². The molecule has 0 unspecified atom stereocenters. The zero-order chi connectivity index (χ0) is 10.9. The average Bonchev–Trinajstić information content (AvgIpc) is 2.01. The zero-order valence-electron chi connectivity index (χ0n) is 7.89. The maximum atomic E-state index is 12.5. The van der Waals surface area contributed by atoms with E-state index in [0.29, 0.717) is 0 Å². The van der Waals surface area contributed by atoms with Crippen LogP contribution >= 0.6 is 0 Å². The first kappa shape index (κ1) is 10.8. The number of halogens is 3. The Kier molecular flexibility index (Phi) is 2.69. The van der Waals surface area contributed by atoms with Gasteiger partial charge in [-0.2, -0.15) is 13.2 Å². The van der Waals surface area contributed by atoms with Gasteiger partial charge >= 0.3 is 6.18 Å². The molecule has 1 heterocycles. The predicted molar refractivity (Wildman–Crippen MR) is 47.7 cm³/mol. The quantitative estimate of drug-likeness (QED) is 0.763. The first-order valence-electron chi connectivity index (χ1n) is 4.15. The van der Waals surface area contributed by atoms with E-state index in [1.807, 2.05) is 0 Å². The molecule has 0 atom stereocenters. The standard InChI is InChI=1S/C9H11F3N2/c1-5(2)6-4-14-8(13)3-7(6)9(10,11)12/h3-5H,1-2H3,(H2,13,14). The van der Waals surface area contributed by atoms with Crippen molar-refractivity contribution in [1.29, 1.82) is 0 Å². The Morgan fingerprint density at radius 1 is 1.36 bits per heavy atom. The van der Waals surface area contributed by atoms with Crippen LogP contribution in [0.25, 0.3) is 0 Å². The summed E-state index contributed by atoms with van der Waals surface area (Å²) in [6, 6.07) is 0.870. The van der Waals surface area contributed by atoms with Crippen molar-refractivity contribution in [2.45, 2.75) is 25.9 Å². The Labute approximate surface area is 79.9 Å². The summed E-state index contributed by atoms with van der Waals surface area (Å²) in [6.07, 6.45) is -3.18. The van der Waals surface area contributed by atoms with Gasteiger partial charge in [0.1, 0.15) is 5.82 Å². The van der Waals surface area contributed by atoms with Crippen molar-refractivity contribution < 1.29 is 13.2 Å². The number of rotatable bonds is 1. The monoisotopic (exact) mass is 204 g/mol. The van der Waals surface area contributed by atoms with Gasteiger partial charge in [-0.15, -0.1) is 0 Å². The van der Waals surface area contributed by atoms with Gasteiger partial charge in [0.2, 0.25) is 0 Å². The van der Waals surface area contributed by atoms with Crippen LogP contribution in [-0.2, 0) is 6.18 Å². The lowest BCUT2D eigenvalue weighted by Gasteiger charge is -2.15. The van der Waals surface area contributed by atoms with Gasteiger partial charge < -0.3 is 5.73 Å². The van der Waals surface area contributed by atoms with Crippen LogP contribution in [0, 0.1) is 0 Å². The lowest BCUT2D eigenvalue weighted by atomic mass is 9.99. The third-order valence-corrected chi connectivity index (χ3v) is 1.88. The fraction of sp³-hybridized carbons (Fsp3) is 0.444. The van der Waals surface area contributed by atoms with Crippen molar-refractivity contribution in [3.05, 3.63) is 23.4 Å². The van der Waals surface area contributed by atoms with E-state index in [9.17, 15) is 13.2 Å². The van der Waals surface area contributed by atoms with Crippen molar-refractivity contribution in [2.24, 2.45) is 0 Å². The highest BCUT2D eigenvalue weighted by Crippen LogP contribution is 2.35. The number of nitrogens with two attached hydrogens (primary N) is 1. The average molecular weight is 204 g/mol. The van der Waals surface area contributed by atoms with Crippen molar-refractivity contribution in [1.82, 2.24) is 4.98 Å². The van der Waals surface area contributed by atoms with Crippen LogP contribution in [0.2, 0.25) is 0 Å². The molecule has 2 N–H and O–H groups in total. The maximum absolute atomic E-state index is 12.5. The number of aromatic nitrogens is 1. The lowest BCUT2D eigenvalue weighted by Crippen LogP contribution is -2.11. The largest absolute Gasteiger partial charge is 0.416 e. The Hall–Kier alpha value is -1.26. The van der Waals surface area contributed by atoms with Gasteiger partial charge in [0.25, 0.3) is 0 Å². The van der Waals surface area contributed by atoms with E-state index >= 15 is 0 Å². The molecule has 1 aromatic heterocycles. The number of nitrogens with zero attached hydrogens (tertiary/aromatic N) is 1. The molecule has 0 aliphatic carbocycles. The second kappa shape index (κ2) is 3.48. The first-order valence-corrected chi connectivity index (χ1v) is 4.15. The molecule has 2 nitrogen and oxygen atoms in total. The lowest BCUT2D eigenvalue weighted by molar-refractivity contribution is -0.138. The van der Waals surface area contributed by atoms with E-state index in [0.717, 1.165) is 6.07 Å². The molecule has 0 radical (unpaired) electrons. The number of alkyl halides is 3. The minimum Gasteiger partial charge on any atom is -0.384 e. The van der Waals surface area contributed by atoms with Crippen LogP contribution in [0.5, 0.6) is 0 Å². The molecule has 0 fully saturated rings. The van der Waals surface area contributed by atoms with E-state index in [-0.39, 0.29) is 17.3 Å². The molecule has 5 heteroatoms. The molecule has 0 aliphatic heterocycles. The summed E-state index contributed by atoms with van der Waals surface area (Å²) in [5, 5.41) is 0. The second-order valence-electron chi connectivity index (χ2n) is 3.35. The van der Waals surface area contributed by atoms with Crippen molar-refractivity contribution in [3.8, 4) is 0 Å². The summed E-state index contributed by atoms with van der Waals surface area (Å²) >= 11 is 0. The first-order chi connectivity index (χ1) is 6.32. The van der Waals surface area contributed by atoms with Crippen LogP contribution in [0.4, 0.5) is 19.0 Å². The van der Waals surface area contributed by atoms with Crippen LogP contribution < -0.4 is 5.73 Å². The smallest absolute Gasteiger partial charge is 0.384 e. The van der Waals surface area contributed by atoms with Crippen molar-refractivity contribution in [3.63, 3.8) is 0 Å². The number of hydrogen-bond acceptors (Lipinski definition) is 2. The van der Waals surface area contributed by atoms with Crippen LogP contribution in [0.1, 0.15) is 30.9 Å². The summed E-state index contributed by atoms with van der Waals surface area (Å²) in [7, 11) is 0. The van der Waals surface area contributed by atoms with Gasteiger partial charge in [0.15, 0.2) is 0 Å². The SMILES string of the molecule is CC(C)c1cnc(N)cc1C(F)(F)F. The van der Waals surface area contributed by atoms with Gasteiger partial charge in [0.05, 0.1) is 5.56 Å². The van der Waals surface area contributed by atoms with E-state index in [1.165, 1.54) is 6.20 Å². The third-order valence-electron chi connectivity index (χ3n) is 1.88. The molecular weight excluding hydrogens is 193 g/mol. The fourth-order valence-corrected chi connectivity index (χ4v) is 1.19. The van der Waals surface area contributed by atoms with Gasteiger partial charge in [-0.3, -0.25) is 0 Å². The molecule has 0 amide bonds. The normalized spacial score (nSPS) is 12.1. The molecule has 1 aromatic rings. The molecule has 0 aliphatic rings. The molecule has 0 bridgehead atoms. The van der Waals surface area contributed by atoms with Crippen molar-refractivity contribution >= 4 is 5.82 Å². The maximum Gasteiger partial charge on any atom is 0.416 e. The fourth-order valence-electron chi connectivity index (χ4n) is 1.19. The number of nitrogen functional groups attached to an aromatic ring is 1. The van der Waals surface area contributed by atoms with E-state index < -0.39 is 11.7 Å². The zero-order valence-corrected chi connectivity index (χ0v) is 7.89.